The van der Waals surface area contributed by atoms with Gasteiger partial charge < -0.3 is 10.6 Å². The van der Waals surface area contributed by atoms with Gasteiger partial charge in [-0.05, 0) is 38.7 Å². The molecule has 1 rings (SSSR count). The maximum absolute atomic E-state index is 12.2. The van der Waals surface area contributed by atoms with Crippen LogP contribution >= 0.6 is 0 Å². The monoisotopic (exact) mass is 312 g/mol. The second kappa shape index (κ2) is 6.42. The number of aryl methyl sites for hydroxylation is 1. The maximum atomic E-state index is 12.2. The summed E-state index contributed by atoms with van der Waals surface area (Å²) in [5, 5.41) is 0. The molecule has 0 fully saturated rings. The molecule has 0 saturated carbocycles. The predicted molar refractivity (Wildman–Crippen MR) is 99.6 cm³/mol. The first-order valence-corrected chi connectivity index (χ1v) is 7.91. The number of hydrogen-bond donors (Lipinski definition) is 1. The molecule has 2 N–H and O–H groups in total. The summed E-state index contributed by atoms with van der Waals surface area (Å²) in [5.41, 5.74) is 8.39. The average Bonchev–Trinajstić information content (AvgIpc) is 2.34. The molecule has 2 radical (unpaired) electrons. The first kappa shape index (κ1) is 19.3. The molecule has 1 amide bonds. The van der Waals surface area contributed by atoms with Crippen LogP contribution in [0.4, 0.5) is 0 Å². The predicted octanol–water partition coefficient (Wildman–Crippen LogP) is 2.76. The molecule has 124 valence electrons. The Kier molecular flexibility index (Phi) is 5.40. The van der Waals surface area contributed by atoms with Gasteiger partial charge in [-0.1, -0.05) is 56.6 Å². The van der Waals surface area contributed by atoms with E-state index in [-0.39, 0.29) is 16.9 Å². The summed E-state index contributed by atoms with van der Waals surface area (Å²) in [6, 6.07) is 5.34. The van der Waals surface area contributed by atoms with Gasteiger partial charge in [0.05, 0.1) is 0 Å². The minimum Gasteiger partial charge on any atom is -0.368 e. The summed E-state index contributed by atoms with van der Waals surface area (Å²) >= 11 is 0. The van der Waals surface area contributed by atoms with E-state index in [0.717, 1.165) is 16.8 Å². The maximum Gasteiger partial charge on any atom is 0.240 e. The minimum atomic E-state index is -0.491. The van der Waals surface area contributed by atoms with E-state index in [2.05, 4.69) is 6.58 Å². The quantitative estimate of drug-likeness (QED) is 0.869. The lowest BCUT2D eigenvalue weighted by atomic mass is 9.80. The Bertz CT molecular complexity index is 609. The highest BCUT2D eigenvalue weighted by atomic mass is 16.1. The molecule has 0 bridgehead atoms. The lowest BCUT2D eigenvalue weighted by Gasteiger charge is -2.48. The number of benzene rings is 1. The number of carbonyl (C=O) groups excluding carboxylic acids is 1. The van der Waals surface area contributed by atoms with Crippen molar-refractivity contribution < 1.29 is 4.79 Å². The highest BCUT2D eigenvalue weighted by molar-refractivity contribution is 6.34. The van der Waals surface area contributed by atoms with Crippen molar-refractivity contribution in [3.63, 3.8) is 0 Å². The summed E-state index contributed by atoms with van der Waals surface area (Å²) in [6.07, 6.45) is 0. The van der Waals surface area contributed by atoms with Gasteiger partial charge in [-0.15, -0.1) is 0 Å². The van der Waals surface area contributed by atoms with Crippen molar-refractivity contribution >= 4 is 24.9 Å². The number of hydrogen-bond acceptors (Lipinski definition) is 2. The van der Waals surface area contributed by atoms with E-state index in [1.165, 1.54) is 0 Å². The van der Waals surface area contributed by atoms with Crippen LogP contribution in [0.15, 0.2) is 24.8 Å². The van der Waals surface area contributed by atoms with Crippen LogP contribution in [0.5, 0.6) is 0 Å². The zero-order chi connectivity index (χ0) is 18.2. The summed E-state index contributed by atoms with van der Waals surface area (Å²) in [4.78, 5) is 14.2. The van der Waals surface area contributed by atoms with Crippen molar-refractivity contribution in [3.05, 3.63) is 35.9 Å². The van der Waals surface area contributed by atoms with Crippen molar-refractivity contribution in [1.29, 1.82) is 0 Å². The normalized spacial score (nSPS) is 13.5. The number of rotatable bonds is 4. The highest BCUT2D eigenvalue weighted by Gasteiger charge is 2.41. The van der Waals surface area contributed by atoms with Crippen LogP contribution in [-0.2, 0) is 4.79 Å². The summed E-state index contributed by atoms with van der Waals surface area (Å²) < 4.78 is 0. The van der Waals surface area contributed by atoms with E-state index in [4.69, 9.17) is 13.6 Å². The fraction of sp³-hybridized carbons (Fsp3) is 0.526. The second-order valence-electron chi connectivity index (χ2n) is 8.25. The van der Waals surface area contributed by atoms with Gasteiger partial charge in [0.25, 0.3) is 0 Å². The van der Waals surface area contributed by atoms with Gasteiger partial charge in [0, 0.05) is 11.2 Å². The average molecular weight is 312 g/mol. The first-order chi connectivity index (χ1) is 10.3. The standard InChI is InChI=1S/C19H29BN2O/c1-12-9-10-15(20)14(11-12)13(2)22(19(6,7)8)16(17(21)23)18(3,4)5/h9-11,16H,2H2,1,3-8H3,(H2,21,23)/t16-/m0/s1. The second-order valence-corrected chi connectivity index (χ2v) is 8.25. The van der Waals surface area contributed by atoms with E-state index < -0.39 is 6.04 Å². The van der Waals surface area contributed by atoms with Crippen LogP contribution in [0.25, 0.3) is 5.70 Å². The van der Waals surface area contributed by atoms with Gasteiger partial charge in [-0.2, -0.15) is 0 Å². The van der Waals surface area contributed by atoms with E-state index in [1.807, 2.05) is 71.6 Å². The van der Waals surface area contributed by atoms with E-state index >= 15 is 0 Å². The van der Waals surface area contributed by atoms with Gasteiger partial charge in [-0.3, -0.25) is 4.79 Å². The Morgan fingerprint density at radius 1 is 1.22 bits per heavy atom. The molecule has 0 spiro atoms. The molecule has 0 saturated heterocycles. The molecular formula is C19H29BN2O. The summed E-state index contributed by atoms with van der Waals surface area (Å²) in [5.74, 6) is -0.361. The van der Waals surface area contributed by atoms with Gasteiger partial charge in [0.2, 0.25) is 5.91 Å². The molecule has 1 atom stereocenters. The van der Waals surface area contributed by atoms with Gasteiger partial charge in [-0.25, -0.2) is 0 Å². The number of primary amides is 1. The molecule has 1 aromatic carbocycles. The van der Waals surface area contributed by atoms with Gasteiger partial charge in [0.15, 0.2) is 0 Å². The lowest BCUT2D eigenvalue weighted by molar-refractivity contribution is -0.127. The molecule has 0 unspecified atom stereocenters. The van der Waals surface area contributed by atoms with E-state index in [0.29, 0.717) is 5.46 Å². The number of carbonyl (C=O) groups is 1. The SMILES string of the molecule is [B]c1ccc(C)cc1C(=C)N([C@@H](C(N)=O)C(C)(C)C)C(C)(C)C. The van der Waals surface area contributed by atoms with Gasteiger partial charge in [0.1, 0.15) is 13.9 Å². The van der Waals surface area contributed by atoms with Crippen LogP contribution in [-0.4, -0.2) is 30.2 Å². The molecule has 0 aliphatic heterocycles. The molecule has 23 heavy (non-hydrogen) atoms. The number of amides is 1. The largest absolute Gasteiger partial charge is 0.368 e. The third-order valence-corrected chi connectivity index (χ3v) is 3.88. The van der Waals surface area contributed by atoms with Crippen LogP contribution in [0.2, 0.25) is 0 Å². The molecule has 3 nitrogen and oxygen atoms in total. The van der Waals surface area contributed by atoms with E-state index in [1.54, 1.807) is 0 Å². The zero-order valence-corrected chi connectivity index (χ0v) is 15.5. The Labute approximate surface area is 142 Å². The van der Waals surface area contributed by atoms with Crippen LogP contribution in [0.1, 0.15) is 52.7 Å². The zero-order valence-electron chi connectivity index (χ0n) is 15.5. The summed E-state index contributed by atoms with van der Waals surface area (Å²) in [6.45, 7) is 18.4. The van der Waals surface area contributed by atoms with Crippen molar-refractivity contribution in [2.75, 3.05) is 0 Å². The van der Waals surface area contributed by atoms with Crippen molar-refractivity contribution in [2.24, 2.45) is 11.1 Å². The molecule has 0 aliphatic carbocycles. The van der Waals surface area contributed by atoms with Crippen molar-refractivity contribution in [3.8, 4) is 0 Å². The van der Waals surface area contributed by atoms with Crippen LogP contribution in [0.3, 0.4) is 0 Å². The Morgan fingerprint density at radius 2 is 1.74 bits per heavy atom. The van der Waals surface area contributed by atoms with Crippen molar-refractivity contribution in [1.82, 2.24) is 4.90 Å². The molecule has 0 aromatic heterocycles. The Balaban J connectivity index is 3.51. The molecule has 1 aromatic rings. The third kappa shape index (κ3) is 4.40. The molecule has 0 heterocycles. The smallest absolute Gasteiger partial charge is 0.240 e. The Hall–Kier alpha value is -1.71. The van der Waals surface area contributed by atoms with E-state index in [9.17, 15) is 4.79 Å². The fourth-order valence-electron chi connectivity index (χ4n) is 2.94. The third-order valence-electron chi connectivity index (χ3n) is 3.88. The molecular weight excluding hydrogens is 283 g/mol. The number of nitrogens with zero attached hydrogens (tertiary/aromatic N) is 1. The first-order valence-electron chi connectivity index (χ1n) is 7.91. The highest BCUT2D eigenvalue weighted by Crippen LogP contribution is 2.35. The molecule has 0 aliphatic rings. The van der Waals surface area contributed by atoms with Crippen molar-refractivity contribution in [2.45, 2.75) is 60.0 Å². The Morgan fingerprint density at radius 3 is 2.13 bits per heavy atom. The van der Waals surface area contributed by atoms with Crippen LogP contribution < -0.4 is 11.2 Å². The fourth-order valence-corrected chi connectivity index (χ4v) is 2.94. The topological polar surface area (TPSA) is 46.3 Å². The van der Waals surface area contributed by atoms with Crippen LogP contribution in [0, 0.1) is 12.3 Å². The number of nitrogens with two attached hydrogens (primary N) is 1. The molecule has 4 heteroatoms. The lowest BCUT2D eigenvalue weighted by Crippen LogP contribution is -2.57. The van der Waals surface area contributed by atoms with Gasteiger partial charge >= 0.3 is 0 Å². The summed E-state index contributed by atoms with van der Waals surface area (Å²) in [7, 11) is 6.15. The minimum absolute atomic E-state index is 0.333.